The minimum Gasteiger partial charge on any atom is -0.453 e. The largest absolute Gasteiger partial charge is 0.453 e. The zero-order valence-corrected chi connectivity index (χ0v) is 23.7. The van der Waals surface area contributed by atoms with Crippen LogP contribution in [0.25, 0.3) is 0 Å². The highest BCUT2D eigenvalue weighted by molar-refractivity contribution is 8.00. The van der Waals surface area contributed by atoms with E-state index in [0.29, 0.717) is 17.0 Å². The Balaban J connectivity index is 1.22. The summed E-state index contributed by atoms with van der Waals surface area (Å²) in [5.74, 6) is -2.32. The third-order valence-electron chi connectivity index (χ3n) is 7.38. The van der Waals surface area contributed by atoms with Crippen LogP contribution in [0.1, 0.15) is 54.6 Å². The zero-order valence-electron chi connectivity index (χ0n) is 22.9. The zero-order chi connectivity index (χ0) is 28.4. The van der Waals surface area contributed by atoms with Gasteiger partial charge in [0, 0.05) is 5.69 Å². The lowest BCUT2D eigenvalue weighted by Gasteiger charge is -2.29. The van der Waals surface area contributed by atoms with Crippen molar-refractivity contribution in [3.8, 4) is 0 Å². The maximum Gasteiger partial charge on any atom is 0.338 e. The number of carbonyl (C=O) groups excluding carboxylic acids is 2. The molecule has 6 rings (SSSR count). The van der Waals surface area contributed by atoms with Crippen molar-refractivity contribution in [2.45, 2.75) is 82.3 Å². The highest BCUT2D eigenvalue weighted by Crippen LogP contribution is 2.44. The lowest BCUT2D eigenvalue weighted by atomic mass is 10.0. The summed E-state index contributed by atoms with van der Waals surface area (Å²) in [6.07, 6.45) is -3.25. The van der Waals surface area contributed by atoms with Crippen LogP contribution in [0.4, 0.5) is 10.1 Å². The first kappa shape index (κ1) is 27.6. The molecule has 0 radical (unpaired) electrons. The number of esters is 1. The number of amides is 1. The molecule has 4 aliphatic heterocycles. The Kier molecular flexibility index (Phi) is 6.96. The van der Waals surface area contributed by atoms with Crippen LogP contribution in [-0.2, 0) is 33.2 Å². The van der Waals surface area contributed by atoms with E-state index in [9.17, 15) is 14.0 Å². The van der Waals surface area contributed by atoms with Gasteiger partial charge in [-0.2, -0.15) is 0 Å². The van der Waals surface area contributed by atoms with Crippen LogP contribution in [-0.4, -0.2) is 66.5 Å². The molecule has 11 heteroatoms. The quantitative estimate of drug-likeness (QED) is 0.481. The maximum absolute atomic E-state index is 13.5. The van der Waals surface area contributed by atoms with Gasteiger partial charge in [-0.1, -0.05) is 12.1 Å². The number of anilines is 1. The van der Waals surface area contributed by atoms with Crippen LogP contribution < -0.4 is 4.90 Å². The lowest BCUT2D eigenvalue weighted by molar-refractivity contribution is -0.232. The molecule has 0 spiro atoms. The molecule has 40 heavy (non-hydrogen) atoms. The third-order valence-corrected chi connectivity index (χ3v) is 8.59. The van der Waals surface area contributed by atoms with Gasteiger partial charge in [-0.3, -0.25) is 9.69 Å². The molecule has 2 aromatic carbocycles. The average molecular weight is 574 g/mol. The predicted octanol–water partition coefficient (Wildman–Crippen LogP) is 4.47. The second-order valence-corrected chi connectivity index (χ2v) is 12.4. The SMILES string of the molecule is Cc1cc(C(=O)O[C@H]2C(C3COC(C)(C)O3)O[C@@H]3OC(C)(C)O[C@@H]32)ccc1N1C(=O)CSC1c1ccc(F)cc1. The van der Waals surface area contributed by atoms with Crippen LogP contribution >= 0.6 is 11.8 Å². The fourth-order valence-electron chi connectivity index (χ4n) is 5.62. The van der Waals surface area contributed by atoms with E-state index >= 15 is 0 Å². The molecule has 0 aromatic heterocycles. The van der Waals surface area contributed by atoms with E-state index in [1.807, 2.05) is 20.8 Å². The number of halogens is 1. The molecule has 9 nitrogen and oxygen atoms in total. The Morgan fingerprint density at radius 3 is 2.45 bits per heavy atom. The van der Waals surface area contributed by atoms with E-state index in [2.05, 4.69) is 0 Å². The van der Waals surface area contributed by atoms with Crippen LogP contribution in [0.5, 0.6) is 0 Å². The summed E-state index contributed by atoms with van der Waals surface area (Å²) in [6, 6.07) is 11.2. The summed E-state index contributed by atoms with van der Waals surface area (Å²) in [6.45, 7) is 9.30. The standard InChI is InChI=1S/C29H32FNO8S/c1-15-12-17(8-11-19(15)31-21(32)14-40-25(31)16-6-9-18(30)10-7-16)26(33)35-23-22(20-13-34-28(2,3)37-20)36-27-24(23)38-29(4,5)39-27/h6-12,20,22-25,27H,13-14H2,1-5H3/t20?,22?,23-,24+,25?,27+/m0/s1. The van der Waals surface area contributed by atoms with Gasteiger partial charge in [-0.15, -0.1) is 11.8 Å². The monoisotopic (exact) mass is 573 g/mol. The van der Waals surface area contributed by atoms with E-state index in [-0.39, 0.29) is 23.7 Å². The molecule has 6 atom stereocenters. The average Bonchev–Trinajstić information content (AvgIpc) is 3.61. The van der Waals surface area contributed by atoms with Gasteiger partial charge in [-0.05, 0) is 76.1 Å². The highest BCUT2D eigenvalue weighted by Gasteiger charge is 2.60. The Morgan fingerprint density at radius 1 is 1.02 bits per heavy atom. The van der Waals surface area contributed by atoms with Gasteiger partial charge in [0.15, 0.2) is 30.1 Å². The number of nitrogens with zero attached hydrogens (tertiary/aromatic N) is 1. The summed E-state index contributed by atoms with van der Waals surface area (Å²) >= 11 is 1.47. The first-order valence-corrected chi connectivity index (χ1v) is 14.3. The van der Waals surface area contributed by atoms with Crippen molar-refractivity contribution in [3.05, 3.63) is 65.0 Å². The highest BCUT2D eigenvalue weighted by atomic mass is 32.2. The first-order chi connectivity index (χ1) is 18.9. The molecule has 4 saturated heterocycles. The molecule has 4 fully saturated rings. The normalized spacial score (nSPS) is 32.5. The second-order valence-electron chi connectivity index (χ2n) is 11.3. The number of ether oxygens (including phenoxy) is 6. The van der Waals surface area contributed by atoms with Crippen LogP contribution in [0.2, 0.25) is 0 Å². The van der Waals surface area contributed by atoms with Gasteiger partial charge in [0.2, 0.25) is 5.91 Å². The van der Waals surface area contributed by atoms with Crippen molar-refractivity contribution < 1.29 is 42.4 Å². The number of fused-ring (bicyclic) bond motifs is 1. The van der Waals surface area contributed by atoms with Crippen molar-refractivity contribution in [1.82, 2.24) is 0 Å². The molecule has 0 N–H and O–H groups in total. The summed E-state index contributed by atoms with van der Waals surface area (Å²) in [5.41, 5.74) is 2.55. The number of hydrogen-bond acceptors (Lipinski definition) is 9. The molecule has 0 aliphatic carbocycles. The van der Waals surface area contributed by atoms with Gasteiger partial charge < -0.3 is 28.4 Å². The fraction of sp³-hybridized carbons (Fsp3) is 0.517. The summed E-state index contributed by atoms with van der Waals surface area (Å²) < 4.78 is 49.3. The number of thioether (sulfide) groups is 1. The Morgan fingerprint density at radius 2 is 1.77 bits per heavy atom. The molecule has 1 amide bonds. The van der Waals surface area contributed by atoms with Crippen molar-refractivity contribution in [3.63, 3.8) is 0 Å². The molecule has 4 heterocycles. The number of aryl methyl sites for hydroxylation is 1. The molecule has 0 bridgehead atoms. The predicted molar refractivity (Wildman–Crippen MR) is 143 cm³/mol. The number of benzene rings is 2. The molecule has 2 aromatic rings. The van der Waals surface area contributed by atoms with Gasteiger partial charge in [0.25, 0.3) is 0 Å². The van der Waals surface area contributed by atoms with Crippen molar-refractivity contribution in [1.29, 1.82) is 0 Å². The van der Waals surface area contributed by atoms with Crippen LogP contribution in [0.15, 0.2) is 42.5 Å². The number of hydrogen-bond donors (Lipinski definition) is 0. The molecule has 0 saturated carbocycles. The van der Waals surface area contributed by atoms with E-state index in [4.69, 9.17) is 28.4 Å². The van der Waals surface area contributed by atoms with Crippen LogP contribution in [0.3, 0.4) is 0 Å². The Labute approximate surface area is 236 Å². The second kappa shape index (κ2) is 10.1. The maximum atomic E-state index is 13.5. The third kappa shape index (κ3) is 5.15. The van der Waals surface area contributed by atoms with Gasteiger partial charge in [0.1, 0.15) is 23.4 Å². The van der Waals surface area contributed by atoms with E-state index in [1.165, 1.54) is 23.9 Å². The summed E-state index contributed by atoms with van der Waals surface area (Å²) in [4.78, 5) is 28.0. The molecular weight excluding hydrogens is 541 g/mol. The van der Waals surface area contributed by atoms with Crippen molar-refractivity contribution in [2.75, 3.05) is 17.3 Å². The Hall–Kier alpha value is -2.54. The first-order valence-electron chi connectivity index (χ1n) is 13.2. The van der Waals surface area contributed by atoms with Gasteiger partial charge in [-0.25, -0.2) is 9.18 Å². The Bertz CT molecular complexity index is 1320. The lowest BCUT2D eigenvalue weighted by Crippen LogP contribution is -2.45. The van der Waals surface area contributed by atoms with Gasteiger partial charge >= 0.3 is 5.97 Å². The smallest absolute Gasteiger partial charge is 0.338 e. The van der Waals surface area contributed by atoms with E-state index < -0.39 is 48.2 Å². The van der Waals surface area contributed by atoms with Crippen LogP contribution in [0, 0.1) is 12.7 Å². The molecular formula is C29H32FNO8S. The number of rotatable bonds is 5. The topological polar surface area (TPSA) is 92.8 Å². The summed E-state index contributed by atoms with van der Waals surface area (Å²) in [5, 5.41) is -0.293. The van der Waals surface area contributed by atoms with Crippen molar-refractivity contribution in [2.24, 2.45) is 0 Å². The van der Waals surface area contributed by atoms with E-state index in [1.54, 1.807) is 49.1 Å². The summed E-state index contributed by atoms with van der Waals surface area (Å²) in [7, 11) is 0. The minimum atomic E-state index is -0.892. The molecule has 214 valence electrons. The fourth-order valence-corrected chi connectivity index (χ4v) is 6.79. The molecule has 4 aliphatic rings. The minimum absolute atomic E-state index is 0.0579. The van der Waals surface area contributed by atoms with E-state index in [0.717, 1.165) is 11.1 Å². The van der Waals surface area contributed by atoms with Crippen molar-refractivity contribution >= 4 is 29.3 Å². The number of carbonyl (C=O) groups is 2. The van der Waals surface area contributed by atoms with Gasteiger partial charge in [0.05, 0.1) is 17.9 Å². The molecule has 3 unspecified atom stereocenters.